The van der Waals surface area contributed by atoms with Gasteiger partial charge in [0.1, 0.15) is 5.60 Å². The second kappa shape index (κ2) is 13.1. The summed E-state index contributed by atoms with van der Waals surface area (Å²) in [7, 11) is 0. The van der Waals surface area contributed by atoms with Crippen molar-refractivity contribution in [2.75, 3.05) is 13.1 Å². The molecule has 1 aromatic carbocycles. The minimum absolute atomic E-state index is 0.0323. The molecule has 1 fully saturated rings. The Morgan fingerprint density at radius 2 is 1.77 bits per heavy atom. The quantitative estimate of drug-likeness (QED) is 0.330. The lowest BCUT2D eigenvalue weighted by atomic mass is 10.0. The molecule has 1 unspecified atom stereocenters. The first kappa shape index (κ1) is 28.8. The number of nitrogens with one attached hydrogen (secondary N) is 1. The van der Waals surface area contributed by atoms with Crippen LogP contribution in [0.5, 0.6) is 0 Å². The number of likely N-dealkylation sites (tertiary alicyclic amines) is 1. The Balaban J connectivity index is 2.07. The van der Waals surface area contributed by atoms with Gasteiger partial charge in [0.05, 0.1) is 18.1 Å². The number of nitrogens with zero attached hydrogens (tertiary/aromatic N) is 1. The minimum atomic E-state index is -1.26. The number of hydrogen-bond acceptors (Lipinski definition) is 6. The van der Waals surface area contributed by atoms with Gasteiger partial charge in [-0.05, 0) is 84.9 Å². The standard InChI is InChI=1S/C28H42N2O5/c1-27(2,3)34-24(31)16-9-8-13-21-14-12-15-22(19-21)20-23(29-26(33)35-28(4,5)6)25(32)30-17-10-7-11-18-30/h12,14-15,19,23,26,29,33H,7,9-11,16-18,20H2,1-6H3/t23-,26?/m0/s1. The Labute approximate surface area is 210 Å². The van der Waals surface area contributed by atoms with Crippen LogP contribution in [0.1, 0.15) is 84.8 Å². The summed E-state index contributed by atoms with van der Waals surface area (Å²) in [6.45, 7) is 12.5. The molecule has 1 saturated heterocycles. The monoisotopic (exact) mass is 486 g/mol. The molecule has 0 saturated carbocycles. The molecule has 194 valence electrons. The molecule has 0 radical (unpaired) electrons. The fraction of sp³-hybridized carbons (Fsp3) is 0.643. The molecule has 0 aliphatic carbocycles. The van der Waals surface area contributed by atoms with Crippen LogP contribution < -0.4 is 5.32 Å². The number of aliphatic hydroxyl groups is 1. The van der Waals surface area contributed by atoms with Gasteiger partial charge in [0.2, 0.25) is 12.3 Å². The van der Waals surface area contributed by atoms with Gasteiger partial charge in [-0.3, -0.25) is 14.9 Å². The Hall–Kier alpha value is -2.40. The zero-order valence-corrected chi connectivity index (χ0v) is 22.1. The molecule has 1 aliphatic rings. The fourth-order valence-electron chi connectivity index (χ4n) is 3.83. The molecule has 0 spiro atoms. The Morgan fingerprint density at radius 1 is 1.09 bits per heavy atom. The number of carbonyl (C=O) groups excluding carboxylic acids is 2. The zero-order chi connectivity index (χ0) is 26.1. The number of carbonyl (C=O) groups is 2. The van der Waals surface area contributed by atoms with E-state index in [1.807, 2.05) is 70.7 Å². The number of hydrogen-bond donors (Lipinski definition) is 2. The van der Waals surface area contributed by atoms with E-state index in [4.69, 9.17) is 9.47 Å². The molecule has 2 rings (SSSR count). The van der Waals surface area contributed by atoms with Crippen molar-refractivity contribution >= 4 is 11.9 Å². The average molecular weight is 487 g/mol. The molecule has 1 aromatic rings. The van der Waals surface area contributed by atoms with Crippen LogP contribution in [0.2, 0.25) is 0 Å². The molecule has 1 aliphatic heterocycles. The summed E-state index contributed by atoms with van der Waals surface area (Å²) in [6, 6.07) is 7.06. The van der Waals surface area contributed by atoms with Crippen LogP contribution in [0.15, 0.2) is 24.3 Å². The predicted octanol–water partition coefficient (Wildman–Crippen LogP) is 3.76. The van der Waals surface area contributed by atoms with E-state index in [-0.39, 0.29) is 18.3 Å². The third-order valence-corrected chi connectivity index (χ3v) is 5.25. The van der Waals surface area contributed by atoms with Crippen molar-refractivity contribution < 1.29 is 24.2 Å². The molecule has 2 N–H and O–H groups in total. The summed E-state index contributed by atoms with van der Waals surface area (Å²) in [5, 5.41) is 13.4. The fourth-order valence-corrected chi connectivity index (χ4v) is 3.83. The van der Waals surface area contributed by atoms with Crippen LogP contribution in [-0.4, -0.2) is 58.6 Å². The maximum Gasteiger partial charge on any atom is 0.307 e. The van der Waals surface area contributed by atoms with Gasteiger partial charge in [0.25, 0.3) is 0 Å². The predicted molar refractivity (Wildman–Crippen MR) is 136 cm³/mol. The SMILES string of the molecule is CC(C)(C)OC(=O)CCC#Cc1cccc(C[C@H](NC(O)OC(C)(C)C)C(=O)N2CCCCC2)c1. The van der Waals surface area contributed by atoms with E-state index in [0.29, 0.717) is 12.8 Å². The van der Waals surface area contributed by atoms with E-state index < -0.39 is 23.7 Å². The number of ether oxygens (including phenoxy) is 2. The van der Waals surface area contributed by atoms with Gasteiger partial charge in [-0.15, -0.1) is 0 Å². The number of esters is 1. The van der Waals surface area contributed by atoms with E-state index in [9.17, 15) is 14.7 Å². The Bertz CT molecular complexity index is 898. The van der Waals surface area contributed by atoms with Crippen molar-refractivity contribution in [1.82, 2.24) is 10.2 Å². The molecule has 2 atom stereocenters. The van der Waals surface area contributed by atoms with Gasteiger partial charge in [-0.2, -0.15) is 0 Å². The summed E-state index contributed by atoms with van der Waals surface area (Å²) < 4.78 is 10.9. The highest BCUT2D eigenvalue weighted by Gasteiger charge is 2.29. The van der Waals surface area contributed by atoms with Crippen molar-refractivity contribution in [1.29, 1.82) is 0 Å². The highest BCUT2D eigenvalue weighted by molar-refractivity contribution is 5.82. The summed E-state index contributed by atoms with van der Waals surface area (Å²) in [6.07, 6.45) is 2.91. The lowest BCUT2D eigenvalue weighted by Crippen LogP contribution is -2.53. The molecule has 0 aromatic heterocycles. The molecule has 0 bridgehead atoms. The van der Waals surface area contributed by atoms with Gasteiger partial charge in [-0.25, -0.2) is 0 Å². The second-order valence-corrected chi connectivity index (χ2v) is 11.0. The number of benzene rings is 1. The maximum absolute atomic E-state index is 13.3. The molecular weight excluding hydrogens is 444 g/mol. The van der Waals surface area contributed by atoms with Gasteiger partial charge >= 0.3 is 5.97 Å². The van der Waals surface area contributed by atoms with Crippen molar-refractivity contribution in [3.8, 4) is 11.8 Å². The molecule has 7 heteroatoms. The number of amides is 1. The van der Waals surface area contributed by atoms with E-state index in [2.05, 4.69) is 17.2 Å². The van der Waals surface area contributed by atoms with Crippen LogP contribution in [0.3, 0.4) is 0 Å². The van der Waals surface area contributed by atoms with Crippen LogP contribution >= 0.6 is 0 Å². The van der Waals surface area contributed by atoms with Crippen molar-refractivity contribution in [2.24, 2.45) is 0 Å². The number of rotatable bonds is 8. The lowest BCUT2D eigenvalue weighted by molar-refractivity contribution is -0.188. The van der Waals surface area contributed by atoms with Crippen molar-refractivity contribution in [2.45, 2.75) is 104 Å². The smallest absolute Gasteiger partial charge is 0.307 e. The molecular formula is C28H42N2O5. The van der Waals surface area contributed by atoms with Gasteiger partial charge in [0, 0.05) is 25.1 Å². The molecule has 7 nitrogen and oxygen atoms in total. The molecule has 1 heterocycles. The Morgan fingerprint density at radius 3 is 2.40 bits per heavy atom. The lowest BCUT2D eigenvalue weighted by Gasteiger charge is -2.33. The van der Waals surface area contributed by atoms with Crippen LogP contribution in [0, 0.1) is 11.8 Å². The number of piperidine rings is 1. The van der Waals surface area contributed by atoms with Crippen LogP contribution in [-0.2, 0) is 25.5 Å². The van der Waals surface area contributed by atoms with E-state index in [1.54, 1.807) is 0 Å². The normalized spacial score (nSPS) is 16.1. The molecule has 35 heavy (non-hydrogen) atoms. The first-order valence-corrected chi connectivity index (χ1v) is 12.5. The van der Waals surface area contributed by atoms with Crippen molar-refractivity contribution in [3.63, 3.8) is 0 Å². The maximum atomic E-state index is 13.3. The van der Waals surface area contributed by atoms with Crippen LogP contribution in [0.25, 0.3) is 0 Å². The summed E-state index contributed by atoms with van der Waals surface area (Å²) >= 11 is 0. The third-order valence-electron chi connectivity index (χ3n) is 5.25. The first-order chi connectivity index (χ1) is 16.3. The largest absolute Gasteiger partial charge is 0.460 e. The molecule has 1 amide bonds. The summed E-state index contributed by atoms with van der Waals surface area (Å²) in [5.74, 6) is 5.83. The summed E-state index contributed by atoms with van der Waals surface area (Å²) in [5.41, 5.74) is 0.678. The Kier molecular flexibility index (Phi) is 10.8. The average Bonchev–Trinajstić information content (AvgIpc) is 2.74. The van der Waals surface area contributed by atoms with Gasteiger partial charge < -0.3 is 19.5 Å². The minimum Gasteiger partial charge on any atom is -0.460 e. The van der Waals surface area contributed by atoms with E-state index in [1.165, 1.54) is 0 Å². The third kappa shape index (κ3) is 11.7. The number of aliphatic hydroxyl groups excluding tert-OH is 1. The van der Waals surface area contributed by atoms with Gasteiger partial charge in [0.15, 0.2) is 0 Å². The van der Waals surface area contributed by atoms with Crippen molar-refractivity contribution in [3.05, 3.63) is 35.4 Å². The zero-order valence-electron chi connectivity index (χ0n) is 22.1. The van der Waals surface area contributed by atoms with Gasteiger partial charge in [-0.1, -0.05) is 24.0 Å². The topological polar surface area (TPSA) is 88.1 Å². The second-order valence-electron chi connectivity index (χ2n) is 11.0. The summed E-state index contributed by atoms with van der Waals surface area (Å²) in [4.78, 5) is 27.0. The van der Waals surface area contributed by atoms with E-state index in [0.717, 1.165) is 43.5 Å². The van der Waals surface area contributed by atoms with Crippen LogP contribution in [0.4, 0.5) is 0 Å². The first-order valence-electron chi connectivity index (χ1n) is 12.5. The highest BCUT2D eigenvalue weighted by Crippen LogP contribution is 2.15. The highest BCUT2D eigenvalue weighted by atomic mass is 16.6. The van der Waals surface area contributed by atoms with E-state index >= 15 is 0 Å².